The maximum Gasteiger partial charge on any atom is 0.132 e. The molecule has 50 heavy (non-hydrogen) atoms. The van der Waals surface area contributed by atoms with Crippen LogP contribution in [0.15, 0.2) is 103 Å². The summed E-state index contributed by atoms with van der Waals surface area (Å²) in [7, 11) is 0. The van der Waals surface area contributed by atoms with E-state index in [2.05, 4.69) is 25.2 Å². The molecule has 5 aromatic heterocycles. The lowest BCUT2D eigenvalue weighted by atomic mass is 10.0. The number of nitrogens with one attached hydrogen (secondary N) is 1. The Kier molecular flexibility index (Phi) is 10.1. The third-order valence-electron chi connectivity index (χ3n) is 8.48. The first-order chi connectivity index (χ1) is 24.4. The Hall–Kier alpha value is -4.86. The molecule has 0 atom stereocenters. The second-order valence-corrected chi connectivity index (χ2v) is 12.9. The van der Waals surface area contributed by atoms with E-state index in [0.29, 0.717) is 20.6 Å². The molecule has 1 aliphatic heterocycles. The van der Waals surface area contributed by atoms with Gasteiger partial charge in [0.25, 0.3) is 0 Å². The zero-order valence-electron chi connectivity index (χ0n) is 27.4. The van der Waals surface area contributed by atoms with Crippen LogP contribution in [0, 0.1) is 13.8 Å². The normalized spacial score (nSPS) is 12.9. The van der Waals surface area contributed by atoms with Crippen molar-refractivity contribution in [2.45, 2.75) is 13.8 Å². The van der Waals surface area contributed by atoms with Gasteiger partial charge in [-0.3, -0.25) is 9.97 Å². The van der Waals surface area contributed by atoms with E-state index in [1.54, 1.807) is 12.4 Å². The van der Waals surface area contributed by atoms with Crippen molar-refractivity contribution in [3.8, 4) is 22.8 Å². The minimum Gasteiger partial charge on any atom is -0.378 e. The highest BCUT2D eigenvalue weighted by atomic mass is 35.5. The summed E-state index contributed by atoms with van der Waals surface area (Å²) in [4.78, 5) is 25.4. The quantitative estimate of drug-likeness (QED) is 0.188. The lowest BCUT2D eigenvalue weighted by Gasteiger charge is -2.28. The van der Waals surface area contributed by atoms with Gasteiger partial charge in [-0.1, -0.05) is 77.3 Å². The van der Waals surface area contributed by atoms with Gasteiger partial charge < -0.3 is 15.0 Å². The number of aromatic nitrogens is 5. The zero-order valence-corrected chi connectivity index (χ0v) is 29.6. The van der Waals surface area contributed by atoms with Crippen LogP contribution in [-0.4, -0.2) is 51.2 Å². The second kappa shape index (κ2) is 14.9. The van der Waals surface area contributed by atoms with E-state index in [4.69, 9.17) is 49.5 Å². The molecule has 7 aromatic rings. The second-order valence-electron chi connectivity index (χ2n) is 11.7. The number of anilines is 3. The molecule has 0 spiro atoms. The van der Waals surface area contributed by atoms with Crippen LogP contribution in [0.4, 0.5) is 17.3 Å². The Morgan fingerprint density at radius 1 is 0.620 bits per heavy atom. The highest BCUT2D eigenvalue weighted by Gasteiger charge is 2.18. The Morgan fingerprint density at radius 2 is 1.20 bits per heavy atom. The zero-order chi connectivity index (χ0) is 34.6. The molecule has 8 rings (SSSR count). The van der Waals surface area contributed by atoms with E-state index in [-0.39, 0.29) is 0 Å². The maximum atomic E-state index is 6.53. The molecule has 11 heteroatoms. The lowest BCUT2D eigenvalue weighted by molar-refractivity contribution is 0.122. The van der Waals surface area contributed by atoms with Gasteiger partial charge in [0.1, 0.15) is 11.6 Å². The first kappa shape index (κ1) is 33.6. The predicted octanol–water partition coefficient (Wildman–Crippen LogP) is 10.1. The average molecular weight is 721 g/mol. The van der Waals surface area contributed by atoms with Crippen LogP contribution in [0.1, 0.15) is 11.1 Å². The minimum absolute atomic E-state index is 0.594. The van der Waals surface area contributed by atoms with Gasteiger partial charge in [0.2, 0.25) is 0 Å². The molecule has 2 aromatic carbocycles. The van der Waals surface area contributed by atoms with Gasteiger partial charge in [-0.25, -0.2) is 15.0 Å². The van der Waals surface area contributed by atoms with Crippen molar-refractivity contribution in [1.82, 2.24) is 24.9 Å². The molecule has 250 valence electrons. The third kappa shape index (κ3) is 6.93. The Morgan fingerprint density at radius 3 is 1.82 bits per heavy atom. The van der Waals surface area contributed by atoms with Crippen molar-refractivity contribution in [2.75, 3.05) is 36.5 Å². The van der Waals surface area contributed by atoms with Crippen LogP contribution < -0.4 is 10.2 Å². The number of para-hydroxylation sites is 2. The molecule has 0 aliphatic carbocycles. The van der Waals surface area contributed by atoms with Gasteiger partial charge in [-0.05, 0) is 67.9 Å². The number of pyridine rings is 5. The summed E-state index contributed by atoms with van der Waals surface area (Å²) in [5.74, 6) is 1.71. The summed E-state index contributed by atoms with van der Waals surface area (Å²) in [5, 5.41) is 7.22. The summed E-state index contributed by atoms with van der Waals surface area (Å²) in [5.41, 5.74) is 7.45. The molecule has 8 nitrogen and oxygen atoms in total. The number of nitrogens with zero attached hydrogens (tertiary/aromatic N) is 6. The van der Waals surface area contributed by atoms with E-state index in [1.165, 1.54) is 0 Å². The molecule has 0 saturated carbocycles. The summed E-state index contributed by atoms with van der Waals surface area (Å²) in [6.07, 6.45) is 3.51. The van der Waals surface area contributed by atoms with E-state index in [0.717, 1.165) is 93.8 Å². The van der Waals surface area contributed by atoms with E-state index >= 15 is 0 Å². The Labute approximate surface area is 305 Å². The molecular formula is C39H32Cl3N7O. The topological polar surface area (TPSA) is 89.0 Å². The van der Waals surface area contributed by atoms with Gasteiger partial charge >= 0.3 is 0 Å². The largest absolute Gasteiger partial charge is 0.378 e. The van der Waals surface area contributed by atoms with Crippen molar-refractivity contribution >= 4 is 73.9 Å². The molecule has 1 aliphatic rings. The van der Waals surface area contributed by atoms with E-state index in [1.807, 2.05) is 105 Å². The lowest BCUT2D eigenvalue weighted by Crippen LogP contribution is -2.36. The van der Waals surface area contributed by atoms with Crippen molar-refractivity contribution < 1.29 is 4.74 Å². The van der Waals surface area contributed by atoms with Crippen LogP contribution in [0.25, 0.3) is 44.6 Å². The van der Waals surface area contributed by atoms with Gasteiger partial charge in [-0.15, -0.1) is 0 Å². The fraction of sp³-hybridized carbons (Fsp3) is 0.154. The first-order valence-electron chi connectivity index (χ1n) is 16.1. The highest BCUT2D eigenvalue weighted by molar-refractivity contribution is 6.40. The molecular weight excluding hydrogens is 689 g/mol. The van der Waals surface area contributed by atoms with Crippen LogP contribution in [0.2, 0.25) is 15.1 Å². The number of benzene rings is 2. The predicted molar refractivity (Wildman–Crippen MR) is 205 cm³/mol. The van der Waals surface area contributed by atoms with Crippen LogP contribution in [0.3, 0.4) is 0 Å². The van der Waals surface area contributed by atoms with Crippen LogP contribution in [-0.2, 0) is 4.74 Å². The third-order valence-corrected chi connectivity index (χ3v) is 9.58. The van der Waals surface area contributed by atoms with Crippen LogP contribution >= 0.6 is 34.8 Å². The minimum atomic E-state index is 0.594. The maximum absolute atomic E-state index is 6.53. The monoisotopic (exact) mass is 719 g/mol. The number of fused-ring (bicyclic) bond motifs is 2. The molecule has 1 saturated heterocycles. The molecule has 6 heterocycles. The number of rotatable bonds is 5. The molecule has 0 amide bonds. The summed E-state index contributed by atoms with van der Waals surface area (Å²) >= 11 is 19.2. The summed E-state index contributed by atoms with van der Waals surface area (Å²) < 4.78 is 5.47. The molecule has 0 radical (unpaired) electrons. The molecule has 1 fully saturated rings. The first-order valence-corrected chi connectivity index (χ1v) is 17.2. The smallest absolute Gasteiger partial charge is 0.132 e. The SMILES string of the molecule is Cc1c(-c2ccccn2)nc2c(Cl)cccc2c1Cl.Cc1c(-c2ccccn2)nc2c(Cl)cccc2c1Nc1cccc(N2CCOCC2)n1. The molecule has 0 unspecified atom stereocenters. The number of ether oxygens (including phenoxy) is 1. The number of hydrogen-bond acceptors (Lipinski definition) is 8. The Balaban J connectivity index is 0.000000176. The summed E-state index contributed by atoms with van der Waals surface area (Å²) in [6, 6.07) is 29.0. The number of morpholine rings is 1. The number of hydrogen-bond donors (Lipinski definition) is 1. The summed E-state index contributed by atoms with van der Waals surface area (Å²) in [6.45, 7) is 7.12. The average Bonchev–Trinajstić information content (AvgIpc) is 3.16. The molecule has 1 N–H and O–H groups in total. The standard InChI is InChI=1S/C24H22ClN5O.C15H10Cl2N2/c1-16-22(28-20-9-5-10-21(27-20)30-12-14-31-15-13-30)17-6-4-7-18(25)24(17)29-23(16)19-8-2-3-11-26-19;1-9-13(17)10-5-4-6-11(16)15(10)19-14(9)12-7-2-3-8-18-12/h2-11H,12-15H2,1H3,(H,27,28,29);2-8H,1H3. The fourth-order valence-corrected chi connectivity index (χ4v) is 6.59. The fourth-order valence-electron chi connectivity index (χ4n) is 5.91. The van der Waals surface area contributed by atoms with E-state index in [9.17, 15) is 0 Å². The van der Waals surface area contributed by atoms with Crippen LogP contribution in [0.5, 0.6) is 0 Å². The van der Waals surface area contributed by atoms with Gasteiger partial charge in [0.05, 0.1) is 67.8 Å². The van der Waals surface area contributed by atoms with Crippen molar-refractivity contribution in [3.63, 3.8) is 0 Å². The molecule has 0 bridgehead atoms. The van der Waals surface area contributed by atoms with Crippen molar-refractivity contribution in [3.05, 3.63) is 130 Å². The van der Waals surface area contributed by atoms with Gasteiger partial charge in [0, 0.05) is 41.8 Å². The Bertz CT molecular complexity index is 2300. The van der Waals surface area contributed by atoms with E-state index < -0.39 is 0 Å². The van der Waals surface area contributed by atoms with Gasteiger partial charge in [-0.2, -0.15) is 0 Å². The van der Waals surface area contributed by atoms with Crippen molar-refractivity contribution in [2.24, 2.45) is 0 Å². The number of halogens is 3. The van der Waals surface area contributed by atoms with Gasteiger partial charge in [0.15, 0.2) is 0 Å². The highest BCUT2D eigenvalue weighted by Crippen LogP contribution is 2.37. The van der Waals surface area contributed by atoms with Crippen molar-refractivity contribution in [1.29, 1.82) is 0 Å².